The summed E-state index contributed by atoms with van der Waals surface area (Å²) in [5.74, 6) is 0. The normalized spacial score (nSPS) is 10.7. The van der Waals surface area contributed by atoms with Crippen LogP contribution in [0, 0.1) is 13.8 Å². The van der Waals surface area contributed by atoms with E-state index in [2.05, 4.69) is 15.5 Å². The van der Waals surface area contributed by atoms with E-state index < -0.39 is 0 Å². The molecule has 2 aromatic heterocycles. The Labute approximate surface area is 65.5 Å². The molecule has 0 spiro atoms. The first-order valence-corrected chi connectivity index (χ1v) is 3.68. The van der Waals surface area contributed by atoms with Gasteiger partial charge in [0.05, 0.1) is 16.9 Å². The summed E-state index contributed by atoms with van der Waals surface area (Å²) in [7, 11) is 0. The van der Waals surface area contributed by atoms with Gasteiger partial charge in [-0.15, -0.1) is 0 Å². The highest BCUT2D eigenvalue weighted by molar-refractivity contribution is 5.51. The summed E-state index contributed by atoms with van der Waals surface area (Å²) in [6, 6.07) is 4.10. The predicted octanol–water partition coefficient (Wildman–Crippen LogP) is 1.95. The summed E-state index contributed by atoms with van der Waals surface area (Å²) in [6.45, 7) is 4.04. The molecule has 0 fully saturated rings. The third kappa shape index (κ3) is 0.909. The molecule has 2 heterocycles. The van der Waals surface area contributed by atoms with Crippen LogP contribution in [0.4, 0.5) is 0 Å². The highest BCUT2D eigenvalue weighted by Crippen LogP contribution is 2.08. The Hall–Kier alpha value is -1.31. The van der Waals surface area contributed by atoms with Gasteiger partial charge in [-0.3, -0.25) is 4.98 Å². The van der Waals surface area contributed by atoms with E-state index >= 15 is 0 Å². The number of fused-ring (bicyclic) bond motifs is 1. The average molecular weight is 146 g/mol. The van der Waals surface area contributed by atoms with Crippen molar-refractivity contribution >= 4 is 5.52 Å². The second-order valence-corrected chi connectivity index (χ2v) is 2.77. The maximum atomic E-state index is 4.35. The van der Waals surface area contributed by atoms with Crippen molar-refractivity contribution in [3.05, 3.63) is 35.9 Å². The summed E-state index contributed by atoms with van der Waals surface area (Å²) >= 11 is 0. The summed E-state index contributed by atoms with van der Waals surface area (Å²) in [5.41, 5.74) is 3.34. The zero-order chi connectivity index (χ0) is 7.84. The number of hydrogen-bond acceptors (Lipinski definition) is 1. The second-order valence-electron chi connectivity index (χ2n) is 2.77. The fourth-order valence-electron chi connectivity index (χ4n) is 1.37. The molecule has 0 atom stereocenters. The number of hydrogen-bond donors (Lipinski definition) is 0. The van der Waals surface area contributed by atoms with Gasteiger partial charge in [0.25, 0.3) is 0 Å². The molecule has 2 aromatic rings. The van der Waals surface area contributed by atoms with Crippen molar-refractivity contribution < 1.29 is 0 Å². The predicted molar refractivity (Wildman–Crippen MR) is 44.7 cm³/mol. The van der Waals surface area contributed by atoms with Crippen LogP contribution in [-0.4, -0.2) is 9.38 Å². The van der Waals surface area contributed by atoms with Crippen molar-refractivity contribution in [1.29, 1.82) is 0 Å². The Morgan fingerprint density at radius 2 is 2.18 bits per heavy atom. The van der Waals surface area contributed by atoms with Gasteiger partial charge in [0.15, 0.2) is 0 Å². The van der Waals surface area contributed by atoms with Crippen LogP contribution < -0.4 is 0 Å². The minimum atomic E-state index is 1.06. The quantitative estimate of drug-likeness (QED) is 0.555. The molecule has 0 amide bonds. The lowest BCUT2D eigenvalue weighted by Gasteiger charge is -1.99. The number of aromatic nitrogens is 2. The molecule has 0 N–H and O–H groups in total. The molecule has 0 saturated heterocycles. The van der Waals surface area contributed by atoms with Crippen LogP contribution in [0.1, 0.15) is 11.4 Å². The Morgan fingerprint density at radius 3 is 3.00 bits per heavy atom. The van der Waals surface area contributed by atoms with E-state index in [4.69, 9.17) is 0 Å². The zero-order valence-corrected chi connectivity index (χ0v) is 6.70. The van der Waals surface area contributed by atoms with Crippen LogP contribution in [0.15, 0.2) is 24.5 Å². The molecule has 0 saturated carbocycles. The average Bonchev–Trinajstić information content (AvgIpc) is 2.34. The molecule has 0 bridgehead atoms. The molecule has 0 radical (unpaired) electrons. The monoisotopic (exact) mass is 146 g/mol. The highest BCUT2D eigenvalue weighted by Gasteiger charge is 1.97. The Kier molecular flexibility index (Phi) is 1.22. The van der Waals surface area contributed by atoms with Crippen LogP contribution in [-0.2, 0) is 0 Å². The van der Waals surface area contributed by atoms with Crippen LogP contribution >= 0.6 is 0 Å². The molecule has 11 heavy (non-hydrogen) atoms. The van der Waals surface area contributed by atoms with Crippen LogP contribution in [0.2, 0.25) is 0 Å². The lowest BCUT2D eigenvalue weighted by atomic mass is 10.3. The summed E-state index contributed by atoms with van der Waals surface area (Å²) in [4.78, 5) is 4.35. The first-order chi connectivity index (χ1) is 5.27. The van der Waals surface area contributed by atoms with E-state index in [1.165, 1.54) is 5.52 Å². The summed E-state index contributed by atoms with van der Waals surface area (Å²) < 4.78 is 2.09. The lowest BCUT2D eigenvalue weighted by molar-refractivity contribution is 1.04. The van der Waals surface area contributed by atoms with Gasteiger partial charge in [-0.1, -0.05) is 0 Å². The molecule has 2 nitrogen and oxygen atoms in total. The molecule has 2 rings (SSSR count). The van der Waals surface area contributed by atoms with E-state index in [1.54, 1.807) is 0 Å². The highest BCUT2D eigenvalue weighted by atomic mass is 14.9. The largest absolute Gasteiger partial charge is 0.320 e. The van der Waals surface area contributed by atoms with Crippen molar-refractivity contribution in [2.45, 2.75) is 13.8 Å². The van der Waals surface area contributed by atoms with Gasteiger partial charge in [-0.2, -0.15) is 0 Å². The van der Waals surface area contributed by atoms with Crippen LogP contribution in [0.5, 0.6) is 0 Å². The van der Waals surface area contributed by atoms with Gasteiger partial charge >= 0.3 is 0 Å². The minimum Gasteiger partial charge on any atom is -0.320 e. The molecular weight excluding hydrogens is 136 g/mol. The third-order valence-electron chi connectivity index (χ3n) is 1.82. The zero-order valence-electron chi connectivity index (χ0n) is 6.70. The summed E-state index contributed by atoms with van der Waals surface area (Å²) in [5, 5.41) is 0. The fourth-order valence-corrected chi connectivity index (χ4v) is 1.37. The van der Waals surface area contributed by atoms with Gasteiger partial charge in [0.1, 0.15) is 0 Å². The van der Waals surface area contributed by atoms with E-state index in [0.29, 0.717) is 0 Å². The molecular formula is C9H10N2. The Bertz CT molecular complexity index is 387. The molecule has 0 aliphatic carbocycles. The van der Waals surface area contributed by atoms with E-state index in [0.717, 1.165) is 11.4 Å². The Morgan fingerprint density at radius 1 is 1.36 bits per heavy atom. The molecule has 2 heteroatoms. The van der Waals surface area contributed by atoms with E-state index in [9.17, 15) is 0 Å². The molecule has 0 aromatic carbocycles. The van der Waals surface area contributed by atoms with E-state index in [-0.39, 0.29) is 0 Å². The van der Waals surface area contributed by atoms with E-state index in [1.807, 2.05) is 32.3 Å². The minimum absolute atomic E-state index is 1.06. The molecule has 0 aliphatic heterocycles. The van der Waals surface area contributed by atoms with Gasteiger partial charge in [-0.25, -0.2) is 0 Å². The number of aryl methyl sites for hydroxylation is 2. The van der Waals surface area contributed by atoms with Gasteiger partial charge < -0.3 is 4.40 Å². The van der Waals surface area contributed by atoms with Gasteiger partial charge in [0, 0.05) is 12.4 Å². The van der Waals surface area contributed by atoms with Gasteiger partial charge in [-0.05, 0) is 26.0 Å². The fraction of sp³-hybridized carbons (Fsp3) is 0.222. The molecule has 0 unspecified atom stereocenters. The lowest BCUT2D eigenvalue weighted by Crippen LogP contribution is -1.92. The van der Waals surface area contributed by atoms with Crippen molar-refractivity contribution in [3.8, 4) is 0 Å². The first kappa shape index (κ1) is 6.40. The molecule has 56 valence electrons. The summed E-state index contributed by atoms with van der Waals surface area (Å²) in [6.07, 6.45) is 4.07. The maximum absolute atomic E-state index is 4.35. The van der Waals surface area contributed by atoms with Crippen LogP contribution in [0.3, 0.4) is 0 Å². The number of rotatable bonds is 0. The van der Waals surface area contributed by atoms with Crippen molar-refractivity contribution in [2.75, 3.05) is 0 Å². The van der Waals surface area contributed by atoms with Crippen molar-refractivity contribution in [1.82, 2.24) is 9.38 Å². The SMILES string of the molecule is Cc1cn2cccc2c(C)n1. The number of nitrogens with zero attached hydrogens (tertiary/aromatic N) is 2. The first-order valence-electron chi connectivity index (χ1n) is 3.68. The maximum Gasteiger partial charge on any atom is 0.0664 e. The van der Waals surface area contributed by atoms with Gasteiger partial charge in [0.2, 0.25) is 0 Å². The smallest absolute Gasteiger partial charge is 0.0664 e. The van der Waals surface area contributed by atoms with Crippen molar-refractivity contribution in [2.24, 2.45) is 0 Å². The second kappa shape index (κ2) is 2.09. The standard InChI is InChI=1S/C9H10N2/c1-7-6-11-5-3-4-9(11)8(2)10-7/h3-6H,1-2H3. The topological polar surface area (TPSA) is 17.3 Å². The Balaban J connectivity index is 2.91. The van der Waals surface area contributed by atoms with Crippen LogP contribution in [0.25, 0.3) is 5.52 Å². The third-order valence-corrected chi connectivity index (χ3v) is 1.82. The van der Waals surface area contributed by atoms with Crippen molar-refractivity contribution in [3.63, 3.8) is 0 Å². The molecule has 0 aliphatic rings.